The van der Waals surface area contributed by atoms with Crippen molar-refractivity contribution in [2.24, 2.45) is 11.5 Å². The second-order valence-electron chi connectivity index (χ2n) is 8.11. The second-order valence-corrected chi connectivity index (χ2v) is 8.11. The number of nitrogens with one attached hydrogen (secondary N) is 2. The highest BCUT2D eigenvalue weighted by Gasteiger charge is 2.23. The normalized spacial score (nSPS) is 13.9. The molecule has 0 aliphatic carbocycles. The molecule has 0 aliphatic heterocycles. The molecule has 0 radical (unpaired) electrons. The Kier molecular flexibility index (Phi) is 10.5. The molecule has 186 valence electrons. The summed E-state index contributed by atoms with van der Waals surface area (Å²) in [5.74, 6) is -2.85. The summed E-state index contributed by atoms with van der Waals surface area (Å²) in [6, 6.07) is 13.9. The van der Waals surface area contributed by atoms with Crippen LogP contribution in [0.4, 0.5) is 20.2 Å². The highest BCUT2D eigenvalue weighted by molar-refractivity contribution is 5.96. The molecule has 2 amide bonds. The lowest BCUT2D eigenvalue weighted by Crippen LogP contribution is -2.44. The Balaban J connectivity index is 1.92. The van der Waals surface area contributed by atoms with Crippen molar-refractivity contribution in [1.82, 2.24) is 0 Å². The molecule has 0 aromatic heterocycles. The number of carbonyl (C=O) groups excluding carboxylic acids is 2. The van der Waals surface area contributed by atoms with Crippen LogP contribution in [0.1, 0.15) is 18.4 Å². The van der Waals surface area contributed by atoms with Gasteiger partial charge >= 0.3 is 0 Å². The second kappa shape index (κ2) is 13.3. The molecule has 0 fully saturated rings. The van der Waals surface area contributed by atoms with Crippen LogP contribution in [0.15, 0.2) is 91.1 Å². The molecule has 0 spiro atoms. The fourth-order valence-electron chi connectivity index (χ4n) is 3.33. The molecule has 2 aromatic rings. The van der Waals surface area contributed by atoms with Gasteiger partial charge in [0.05, 0.1) is 0 Å². The minimum atomic E-state index is -1.45. The van der Waals surface area contributed by atoms with Crippen LogP contribution in [0, 0.1) is 0 Å². The zero-order valence-electron chi connectivity index (χ0n) is 19.2. The average molecular weight is 485 g/mol. The number of hydrogen-bond acceptors (Lipinski definition) is 5. The van der Waals surface area contributed by atoms with E-state index in [0.29, 0.717) is 17.8 Å². The van der Waals surface area contributed by atoms with E-state index in [-0.39, 0.29) is 18.4 Å². The fourth-order valence-corrected chi connectivity index (χ4v) is 3.33. The van der Waals surface area contributed by atoms with Crippen LogP contribution in [0.3, 0.4) is 0 Å². The molecule has 9 heteroatoms. The highest BCUT2D eigenvalue weighted by atomic mass is 19.1. The number of nitrogens with two attached hydrogens (primary N) is 2. The molecule has 3 atom stereocenters. The summed E-state index contributed by atoms with van der Waals surface area (Å²) in [5.41, 5.74) is 13.4. The predicted octanol–water partition coefficient (Wildman–Crippen LogP) is 3.49. The van der Waals surface area contributed by atoms with Gasteiger partial charge in [-0.25, -0.2) is 8.78 Å². The topological polar surface area (TPSA) is 130 Å². The number of allylic oxidation sites excluding steroid dienone is 3. The molecule has 35 heavy (non-hydrogen) atoms. The van der Waals surface area contributed by atoms with E-state index in [2.05, 4.69) is 23.8 Å². The molecule has 2 aromatic carbocycles. The maximum Gasteiger partial charge on any atom is 0.254 e. The first kappa shape index (κ1) is 27.6. The molecule has 2 rings (SSSR count). The Labute approximate surface area is 203 Å². The molecule has 7 N–H and O–H groups in total. The highest BCUT2D eigenvalue weighted by Crippen LogP contribution is 2.20. The minimum Gasteiger partial charge on any atom is -0.382 e. The average Bonchev–Trinajstić information content (AvgIpc) is 2.78. The van der Waals surface area contributed by atoms with Crippen molar-refractivity contribution in [2.75, 3.05) is 10.6 Å². The Morgan fingerprint density at radius 1 is 0.971 bits per heavy atom. The molecule has 0 aliphatic rings. The number of carbonyl (C=O) groups is 2. The third-order valence-corrected chi connectivity index (χ3v) is 5.01. The monoisotopic (exact) mass is 484 g/mol. The number of aliphatic hydroxyl groups excluding tert-OH is 1. The summed E-state index contributed by atoms with van der Waals surface area (Å²) in [7, 11) is 0. The van der Waals surface area contributed by atoms with Gasteiger partial charge in [-0.1, -0.05) is 49.6 Å². The maximum absolute atomic E-state index is 13.4. The van der Waals surface area contributed by atoms with Crippen LogP contribution >= 0.6 is 0 Å². The van der Waals surface area contributed by atoms with E-state index in [9.17, 15) is 23.5 Å². The third-order valence-electron chi connectivity index (χ3n) is 5.01. The largest absolute Gasteiger partial charge is 0.382 e. The Bertz CT molecular complexity index is 1090. The quantitative estimate of drug-likeness (QED) is 0.294. The smallest absolute Gasteiger partial charge is 0.254 e. The van der Waals surface area contributed by atoms with E-state index in [1.54, 1.807) is 18.2 Å². The van der Waals surface area contributed by atoms with Crippen molar-refractivity contribution in [3.63, 3.8) is 0 Å². The van der Waals surface area contributed by atoms with E-state index in [1.807, 2.05) is 30.3 Å². The molecule has 0 heterocycles. The van der Waals surface area contributed by atoms with E-state index in [1.165, 1.54) is 6.07 Å². The number of rotatable bonds is 12. The number of benzene rings is 2. The van der Waals surface area contributed by atoms with Crippen LogP contribution in [-0.2, 0) is 16.0 Å². The van der Waals surface area contributed by atoms with Gasteiger partial charge in [-0.05, 0) is 48.3 Å². The number of halogens is 2. The number of aliphatic hydroxyl groups is 1. The van der Waals surface area contributed by atoms with Gasteiger partial charge in [0, 0.05) is 29.9 Å². The maximum atomic E-state index is 13.4. The number of amides is 2. The molecular weight excluding hydrogens is 454 g/mol. The van der Waals surface area contributed by atoms with Crippen molar-refractivity contribution in [3.05, 3.63) is 96.6 Å². The van der Waals surface area contributed by atoms with Gasteiger partial charge < -0.3 is 27.2 Å². The molecule has 3 unspecified atom stereocenters. The number of hydrogen-bond donors (Lipinski definition) is 5. The Hall–Kier alpha value is -3.66. The van der Waals surface area contributed by atoms with Crippen LogP contribution in [0.5, 0.6) is 0 Å². The van der Waals surface area contributed by atoms with Crippen molar-refractivity contribution < 1.29 is 23.5 Å². The van der Waals surface area contributed by atoms with Crippen LogP contribution in [0.2, 0.25) is 0 Å². The molecule has 0 bridgehead atoms. The van der Waals surface area contributed by atoms with Crippen LogP contribution < -0.4 is 22.1 Å². The van der Waals surface area contributed by atoms with Gasteiger partial charge in [-0.15, -0.1) is 0 Å². The lowest BCUT2D eigenvalue weighted by molar-refractivity contribution is -0.125. The first-order valence-corrected chi connectivity index (χ1v) is 10.9. The number of anilines is 2. The van der Waals surface area contributed by atoms with Gasteiger partial charge in [0.1, 0.15) is 17.8 Å². The van der Waals surface area contributed by atoms with E-state index in [0.717, 1.165) is 11.6 Å². The van der Waals surface area contributed by atoms with Gasteiger partial charge in [0.2, 0.25) is 5.91 Å². The Morgan fingerprint density at radius 2 is 1.60 bits per heavy atom. The van der Waals surface area contributed by atoms with Gasteiger partial charge in [0.15, 0.2) is 0 Å². The zero-order chi connectivity index (χ0) is 26.0. The van der Waals surface area contributed by atoms with E-state index < -0.39 is 41.7 Å². The molecule has 0 saturated heterocycles. The lowest BCUT2D eigenvalue weighted by atomic mass is 10.0. The van der Waals surface area contributed by atoms with E-state index in [4.69, 9.17) is 11.5 Å². The van der Waals surface area contributed by atoms with Crippen molar-refractivity contribution in [1.29, 1.82) is 0 Å². The first-order valence-electron chi connectivity index (χ1n) is 10.9. The van der Waals surface area contributed by atoms with Gasteiger partial charge in [-0.3, -0.25) is 9.59 Å². The predicted molar refractivity (Wildman–Crippen MR) is 134 cm³/mol. The lowest BCUT2D eigenvalue weighted by Gasteiger charge is -2.19. The standard InChI is InChI=1S/C26H30F2N4O3/c1-16(27)11-19(17(2)28)13-20(29)14-24(33)31-21-9-6-10-22(15-21)32-26(35)25(34)23(30)12-18-7-4-3-5-8-18/h3-11,15,20,23,25,34H,1-2,12-14,29-30H2,(H,31,33)(H,32,35)/b19-11-. The van der Waals surface area contributed by atoms with Crippen molar-refractivity contribution in [3.8, 4) is 0 Å². The summed E-state index contributed by atoms with van der Waals surface area (Å²) in [6.45, 7) is 6.17. The summed E-state index contributed by atoms with van der Waals surface area (Å²) < 4.78 is 26.4. The van der Waals surface area contributed by atoms with Crippen LogP contribution in [-0.4, -0.2) is 35.1 Å². The molecule has 0 saturated carbocycles. The van der Waals surface area contributed by atoms with E-state index >= 15 is 0 Å². The summed E-state index contributed by atoms with van der Waals surface area (Å²) in [6.07, 6.45) is -0.528. The summed E-state index contributed by atoms with van der Waals surface area (Å²) in [4.78, 5) is 24.8. The summed E-state index contributed by atoms with van der Waals surface area (Å²) >= 11 is 0. The van der Waals surface area contributed by atoms with Crippen LogP contribution in [0.25, 0.3) is 0 Å². The van der Waals surface area contributed by atoms with Gasteiger partial charge in [0.25, 0.3) is 5.91 Å². The fraction of sp³-hybridized carbons (Fsp3) is 0.231. The van der Waals surface area contributed by atoms with Crippen molar-refractivity contribution >= 4 is 23.2 Å². The molecular formula is C26H30F2N4O3. The first-order chi connectivity index (χ1) is 16.5. The zero-order valence-corrected chi connectivity index (χ0v) is 19.2. The minimum absolute atomic E-state index is 0.0773. The Morgan fingerprint density at radius 3 is 2.20 bits per heavy atom. The summed E-state index contributed by atoms with van der Waals surface area (Å²) in [5, 5.41) is 15.5. The third kappa shape index (κ3) is 9.62. The SMILES string of the molecule is C=C(F)/C=C(/CC(N)CC(=O)Nc1cccc(NC(=O)C(O)C(N)Cc2ccccc2)c1)C(=C)F. The van der Waals surface area contributed by atoms with Crippen molar-refractivity contribution in [2.45, 2.75) is 37.5 Å². The van der Waals surface area contributed by atoms with Gasteiger partial charge in [-0.2, -0.15) is 0 Å². The molecule has 7 nitrogen and oxygen atoms in total.